The number of aromatic nitrogens is 2. The van der Waals surface area contributed by atoms with Crippen LogP contribution in [0.25, 0.3) is 0 Å². The summed E-state index contributed by atoms with van der Waals surface area (Å²) in [6.07, 6.45) is 3.16. The molecule has 2 rings (SSSR count). The molecule has 0 aliphatic carbocycles. The summed E-state index contributed by atoms with van der Waals surface area (Å²) >= 11 is 0. The molecule has 1 unspecified atom stereocenters. The topological polar surface area (TPSA) is 52.1 Å². The molecule has 96 valence electrons. The van der Waals surface area contributed by atoms with Crippen molar-refractivity contribution in [3.05, 3.63) is 54.1 Å². The van der Waals surface area contributed by atoms with Crippen LogP contribution in [0.15, 0.2) is 42.9 Å². The van der Waals surface area contributed by atoms with Crippen molar-refractivity contribution in [3.8, 4) is 0 Å². The highest BCUT2D eigenvalue weighted by Gasteiger charge is 2.10. The zero-order valence-electron chi connectivity index (χ0n) is 10.6. The summed E-state index contributed by atoms with van der Waals surface area (Å²) in [6.45, 7) is 4.05. The van der Waals surface area contributed by atoms with Crippen LogP contribution in [-0.2, 0) is 13.1 Å². The molecule has 0 amide bonds. The summed E-state index contributed by atoms with van der Waals surface area (Å²) in [6, 6.07) is 10.3. The third-order valence-electron chi connectivity index (χ3n) is 2.72. The lowest BCUT2D eigenvalue weighted by Crippen LogP contribution is -2.30. The number of benzene rings is 1. The fourth-order valence-corrected chi connectivity index (χ4v) is 2.01. The fraction of sp³-hybridized carbons (Fsp3) is 0.357. The van der Waals surface area contributed by atoms with Crippen LogP contribution in [0, 0.1) is 0 Å². The van der Waals surface area contributed by atoms with Gasteiger partial charge < -0.3 is 10.1 Å². The molecule has 1 aromatic carbocycles. The van der Waals surface area contributed by atoms with Gasteiger partial charge in [-0.1, -0.05) is 30.3 Å². The summed E-state index contributed by atoms with van der Waals surface area (Å²) in [7, 11) is 0. The van der Waals surface area contributed by atoms with E-state index in [1.54, 1.807) is 6.33 Å². The molecule has 0 radical (unpaired) electrons. The van der Waals surface area contributed by atoms with Crippen LogP contribution in [0.5, 0.6) is 0 Å². The van der Waals surface area contributed by atoms with Crippen molar-refractivity contribution < 1.29 is 5.11 Å². The summed E-state index contributed by atoms with van der Waals surface area (Å²) in [5, 5.41) is 9.56. The van der Waals surface area contributed by atoms with E-state index in [2.05, 4.69) is 27.0 Å². The van der Waals surface area contributed by atoms with E-state index in [4.69, 9.17) is 0 Å². The summed E-state index contributed by atoms with van der Waals surface area (Å²) in [5.41, 5.74) is 2.31. The van der Waals surface area contributed by atoms with Gasteiger partial charge in [0.1, 0.15) is 0 Å². The monoisotopic (exact) mass is 245 g/mol. The standard InChI is InChI=1S/C14H19N3O/c1-12(18)8-17(10-14-7-15-11-16-14)9-13-5-3-2-4-6-13/h2-7,11-12,18H,8-10H2,1H3,(H,15,16). The summed E-state index contributed by atoms with van der Waals surface area (Å²) < 4.78 is 0. The average Bonchev–Trinajstić information content (AvgIpc) is 2.82. The first kappa shape index (κ1) is 12.8. The van der Waals surface area contributed by atoms with Crippen molar-refractivity contribution in [2.24, 2.45) is 0 Å². The van der Waals surface area contributed by atoms with E-state index >= 15 is 0 Å². The second kappa shape index (κ2) is 6.33. The quantitative estimate of drug-likeness (QED) is 0.816. The predicted octanol–water partition coefficient (Wildman–Crippen LogP) is 1.79. The number of nitrogens with one attached hydrogen (secondary N) is 1. The van der Waals surface area contributed by atoms with Gasteiger partial charge in [0.15, 0.2) is 0 Å². The molecule has 0 saturated heterocycles. The number of aromatic amines is 1. The number of H-pyrrole nitrogens is 1. The van der Waals surface area contributed by atoms with E-state index < -0.39 is 0 Å². The van der Waals surface area contributed by atoms with Crippen molar-refractivity contribution >= 4 is 0 Å². The smallest absolute Gasteiger partial charge is 0.0922 e. The maximum absolute atomic E-state index is 9.56. The molecule has 0 saturated carbocycles. The van der Waals surface area contributed by atoms with E-state index in [0.717, 1.165) is 18.8 Å². The number of nitrogens with zero attached hydrogens (tertiary/aromatic N) is 2. The molecule has 0 aliphatic rings. The van der Waals surface area contributed by atoms with Gasteiger partial charge in [0.25, 0.3) is 0 Å². The summed E-state index contributed by atoms with van der Waals surface area (Å²) in [4.78, 5) is 9.31. The van der Waals surface area contributed by atoms with Crippen molar-refractivity contribution in [2.75, 3.05) is 6.54 Å². The number of aliphatic hydroxyl groups is 1. The molecule has 18 heavy (non-hydrogen) atoms. The molecule has 0 spiro atoms. The van der Waals surface area contributed by atoms with Crippen LogP contribution in [-0.4, -0.2) is 32.6 Å². The maximum Gasteiger partial charge on any atom is 0.0922 e. The number of rotatable bonds is 6. The Hall–Kier alpha value is -1.65. The Bertz CT molecular complexity index is 439. The van der Waals surface area contributed by atoms with Crippen molar-refractivity contribution in [2.45, 2.75) is 26.1 Å². The normalized spacial score (nSPS) is 12.8. The minimum atomic E-state index is -0.336. The van der Waals surface area contributed by atoms with Crippen LogP contribution >= 0.6 is 0 Å². The minimum absolute atomic E-state index is 0.336. The number of imidazole rings is 1. The molecule has 1 heterocycles. The van der Waals surface area contributed by atoms with Crippen LogP contribution in [0.3, 0.4) is 0 Å². The SMILES string of the molecule is CC(O)CN(Cc1ccccc1)Cc1cnc[nH]1. The zero-order chi connectivity index (χ0) is 12.8. The number of hydrogen-bond donors (Lipinski definition) is 2. The first-order valence-corrected chi connectivity index (χ1v) is 6.15. The van der Waals surface area contributed by atoms with Crippen LogP contribution in [0.1, 0.15) is 18.2 Å². The van der Waals surface area contributed by atoms with E-state index in [1.807, 2.05) is 31.3 Å². The molecule has 1 atom stereocenters. The maximum atomic E-state index is 9.56. The lowest BCUT2D eigenvalue weighted by Gasteiger charge is -2.23. The third-order valence-corrected chi connectivity index (χ3v) is 2.72. The molecule has 2 aromatic rings. The molecule has 2 N–H and O–H groups in total. The number of hydrogen-bond acceptors (Lipinski definition) is 3. The molecule has 0 fully saturated rings. The highest BCUT2D eigenvalue weighted by molar-refractivity contribution is 5.14. The molecule has 0 bridgehead atoms. The Labute approximate surface area is 107 Å². The van der Waals surface area contributed by atoms with E-state index in [1.165, 1.54) is 5.56 Å². The van der Waals surface area contributed by atoms with E-state index in [9.17, 15) is 5.11 Å². The largest absolute Gasteiger partial charge is 0.392 e. The molecular weight excluding hydrogens is 226 g/mol. The van der Waals surface area contributed by atoms with Gasteiger partial charge in [0.2, 0.25) is 0 Å². The van der Waals surface area contributed by atoms with Gasteiger partial charge >= 0.3 is 0 Å². The molecule has 4 nitrogen and oxygen atoms in total. The Kier molecular flexibility index (Phi) is 4.50. The van der Waals surface area contributed by atoms with Gasteiger partial charge in [-0.05, 0) is 12.5 Å². The number of aliphatic hydroxyl groups excluding tert-OH is 1. The highest BCUT2D eigenvalue weighted by atomic mass is 16.3. The summed E-state index contributed by atoms with van der Waals surface area (Å²) in [5.74, 6) is 0. The minimum Gasteiger partial charge on any atom is -0.392 e. The van der Waals surface area contributed by atoms with E-state index in [0.29, 0.717) is 6.54 Å². The Balaban J connectivity index is 2.01. The molecule has 1 aromatic heterocycles. The van der Waals surface area contributed by atoms with Gasteiger partial charge in [0.05, 0.1) is 12.4 Å². The predicted molar refractivity (Wildman–Crippen MR) is 70.8 cm³/mol. The van der Waals surface area contributed by atoms with Crippen LogP contribution in [0.2, 0.25) is 0 Å². The van der Waals surface area contributed by atoms with Gasteiger partial charge in [-0.25, -0.2) is 4.98 Å². The highest BCUT2D eigenvalue weighted by Crippen LogP contribution is 2.08. The van der Waals surface area contributed by atoms with Gasteiger partial charge in [-0.3, -0.25) is 4.90 Å². The molecular formula is C14H19N3O. The Morgan fingerprint density at radius 1 is 1.28 bits per heavy atom. The zero-order valence-corrected chi connectivity index (χ0v) is 10.6. The first-order chi connectivity index (χ1) is 8.74. The lowest BCUT2D eigenvalue weighted by molar-refractivity contribution is 0.117. The van der Waals surface area contributed by atoms with Crippen LogP contribution in [0.4, 0.5) is 0 Å². The van der Waals surface area contributed by atoms with Crippen molar-refractivity contribution in [1.82, 2.24) is 14.9 Å². The third kappa shape index (κ3) is 3.98. The van der Waals surface area contributed by atoms with Crippen molar-refractivity contribution in [3.63, 3.8) is 0 Å². The first-order valence-electron chi connectivity index (χ1n) is 6.15. The van der Waals surface area contributed by atoms with Gasteiger partial charge in [-0.15, -0.1) is 0 Å². The molecule has 0 aliphatic heterocycles. The fourth-order valence-electron chi connectivity index (χ4n) is 2.01. The van der Waals surface area contributed by atoms with Gasteiger partial charge in [0, 0.05) is 31.5 Å². The average molecular weight is 245 g/mol. The second-order valence-corrected chi connectivity index (χ2v) is 4.58. The molecule has 4 heteroatoms. The van der Waals surface area contributed by atoms with Gasteiger partial charge in [-0.2, -0.15) is 0 Å². The Morgan fingerprint density at radius 2 is 2.06 bits per heavy atom. The van der Waals surface area contributed by atoms with E-state index in [-0.39, 0.29) is 6.10 Å². The lowest BCUT2D eigenvalue weighted by atomic mass is 10.2. The second-order valence-electron chi connectivity index (χ2n) is 4.58. The van der Waals surface area contributed by atoms with Crippen molar-refractivity contribution in [1.29, 1.82) is 0 Å². The Morgan fingerprint density at radius 3 is 2.67 bits per heavy atom. The van der Waals surface area contributed by atoms with Crippen LogP contribution < -0.4 is 0 Å².